The van der Waals surface area contributed by atoms with E-state index >= 15 is 0 Å². The lowest BCUT2D eigenvalue weighted by Crippen LogP contribution is -2.37. The van der Waals surface area contributed by atoms with Crippen molar-refractivity contribution in [2.75, 3.05) is 29.9 Å². The fourth-order valence-electron chi connectivity index (χ4n) is 2.40. The van der Waals surface area contributed by atoms with Crippen molar-refractivity contribution < 1.29 is 4.79 Å². The highest BCUT2D eigenvalue weighted by molar-refractivity contribution is 9.09. The number of alkyl halides is 1. The highest BCUT2D eigenvalue weighted by Crippen LogP contribution is 2.13. The fourth-order valence-corrected chi connectivity index (χ4v) is 3.70. The van der Waals surface area contributed by atoms with Gasteiger partial charge in [0.2, 0.25) is 5.91 Å². The number of hydrogen-bond acceptors (Lipinski definition) is 2. The van der Waals surface area contributed by atoms with Gasteiger partial charge in [-0.05, 0) is 12.8 Å². The van der Waals surface area contributed by atoms with Gasteiger partial charge in [-0.25, -0.2) is 0 Å². The van der Waals surface area contributed by atoms with Gasteiger partial charge in [0.05, 0.1) is 0 Å². The second kappa shape index (κ2) is 12.1. The highest BCUT2D eigenvalue weighted by atomic mass is 79.9. The summed E-state index contributed by atoms with van der Waals surface area (Å²) in [7, 11) is 0. The first kappa shape index (κ1) is 17.4. The molecule has 112 valence electrons. The van der Waals surface area contributed by atoms with E-state index in [0.717, 1.165) is 42.8 Å². The molecule has 0 unspecified atom stereocenters. The van der Waals surface area contributed by atoms with Gasteiger partial charge in [0, 0.05) is 36.3 Å². The first-order chi connectivity index (χ1) is 9.34. The maximum Gasteiger partial charge on any atom is 0.222 e. The van der Waals surface area contributed by atoms with Crippen LogP contribution < -0.4 is 0 Å². The zero-order valence-electron chi connectivity index (χ0n) is 12.0. The summed E-state index contributed by atoms with van der Waals surface area (Å²) < 4.78 is 0. The summed E-state index contributed by atoms with van der Waals surface area (Å²) in [5.41, 5.74) is 0. The maximum atomic E-state index is 11.9. The van der Waals surface area contributed by atoms with Crippen LogP contribution in [0, 0.1) is 0 Å². The van der Waals surface area contributed by atoms with Crippen LogP contribution in [0.3, 0.4) is 0 Å². The molecule has 0 aromatic rings. The minimum atomic E-state index is 0.387. The van der Waals surface area contributed by atoms with Gasteiger partial charge in [0.1, 0.15) is 0 Å². The molecular formula is C15H28BrNOS. The molecule has 0 saturated carbocycles. The quantitative estimate of drug-likeness (QED) is 0.428. The van der Waals surface area contributed by atoms with E-state index in [1.807, 2.05) is 11.8 Å². The van der Waals surface area contributed by atoms with Gasteiger partial charge in [-0.15, -0.1) is 0 Å². The van der Waals surface area contributed by atoms with Crippen LogP contribution in [0.4, 0.5) is 0 Å². The van der Waals surface area contributed by atoms with Crippen LogP contribution in [0.1, 0.15) is 57.8 Å². The molecule has 4 heteroatoms. The van der Waals surface area contributed by atoms with Crippen molar-refractivity contribution in [2.45, 2.75) is 57.8 Å². The summed E-state index contributed by atoms with van der Waals surface area (Å²) in [6.07, 6.45) is 11.1. The molecule has 1 aliphatic heterocycles. The third-order valence-corrected chi connectivity index (χ3v) is 5.14. The lowest BCUT2D eigenvalue weighted by atomic mass is 10.1. The van der Waals surface area contributed by atoms with E-state index < -0.39 is 0 Å². The Hall–Kier alpha value is 0.300. The molecule has 0 bridgehead atoms. The van der Waals surface area contributed by atoms with Gasteiger partial charge < -0.3 is 4.90 Å². The van der Waals surface area contributed by atoms with Gasteiger partial charge in [0.15, 0.2) is 0 Å². The van der Waals surface area contributed by atoms with Crippen molar-refractivity contribution in [1.29, 1.82) is 0 Å². The van der Waals surface area contributed by atoms with Gasteiger partial charge in [0.25, 0.3) is 0 Å². The number of amides is 1. The predicted octanol–water partition coefficient (Wildman–Crippen LogP) is 4.47. The summed E-state index contributed by atoms with van der Waals surface area (Å²) in [5, 5.41) is 1.14. The van der Waals surface area contributed by atoms with Crippen LogP contribution in [0.5, 0.6) is 0 Å². The molecule has 0 radical (unpaired) electrons. The summed E-state index contributed by atoms with van der Waals surface area (Å²) in [6.45, 7) is 1.94. The lowest BCUT2D eigenvalue weighted by molar-refractivity contribution is -0.130. The van der Waals surface area contributed by atoms with Crippen molar-refractivity contribution >= 4 is 33.6 Å². The van der Waals surface area contributed by atoms with E-state index in [2.05, 4.69) is 20.8 Å². The number of carbonyl (C=O) groups is 1. The Morgan fingerprint density at radius 3 is 2.00 bits per heavy atom. The molecule has 19 heavy (non-hydrogen) atoms. The average Bonchev–Trinajstić information content (AvgIpc) is 2.46. The highest BCUT2D eigenvalue weighted by Gasteiger charge is 2.15. The monoisotopic (exact) mass is 349 g/mol. The number of unbranched alkanes of at least 4 members (excludes halogenated alkanes) is 7. The zero-order chi connectivity index (χ0) is 13.8. The van der Waals surface area contributed by atoms with Crippen molar-refractivity contribution in [3.05, 3.63) is 0 Å². The standard InChI is InChI=1S/C15H28BrNOS/c16-10-8-6-4-2-1-3-5-7-9-15(18)17-11-13-19-14-12-17/h1-14H2. The maximum absolute atomic E-state index is 11.9. The SMILES string of the molecule is O=C(CCCCCCCCCCBr)N1CCSCC1. The predicted molar refractivity (Wildman–Crippen MR) is 89.3 cm³/mol. The molecule has 0 atom stereocenters. The minimum Gasteiger partial charge on any atom is -0.341 e. The molecule has 1 heterocycles. The van der Waals surface area contributed by atoms with Crippen molar-refractivity contribution in [2.24, 2.45) is 0 Å². The Morgan fingerprint density at radius 2 is 1.42 bits per heavy atom. The lowest BCUT2D eigenvalue weighted by Gasteiger charge is -2.26. The fraction of sp³-hybridized carbons (Fsp3) is 0.933. The molecule has 0 spiro atoms. The number of carbonyl (C=O) groups excluding carboxylic acids is 1. The zero-order valence-corrected chi connectivity index (χ0v) is 14.4. The average molecular weight is 350 g/mol. The van der Waals surface area contributed by atoms with Crippen LogP contribution in [0.15, 0.2) is 0 Å². The Bertz CT molecular complexity index is 232. The second-order valence-electron chi connectivity index (χ2n) is 5.26. The minimum absolute atomic E-state index is 0.387. The van der Waals surface area contributed by atoms with E-state index in [0.29, 0.717) is 5.91 Å². The van der Waals surface area contributed by atoms with Gasteiger partial charge in [-0.3, -0.25) is 4.79 Å². The third-order valence-electron chi connectivity index (χ3n) is 3.64. The topological polar surface area (TPSA) is 20.3 Å². The van der Waals surface area contributed by atoms with Gasteiger partial charge in [-0.2, -0.15) is 11.8 Å². The molecule has 0 aromatic heterocycles. The van der Waals surface area contributed by atoms with E-state index in [4.69, 9.17) is 0 Å². The van der Waals surface area contributed by atoms with Crippen LogP contribution in [-0.4, -0.2) is 40.7 Å². The third kappa shape index (κ3) is 8.96. The summed E-state index contributed by atoms with van der Waals surface area (Å²) >= 11 is 5.42. The summed E-state index contributed by atoms with van der Waals surface area (Å²) in [6, 6.07) is 0. The Morgan fingerprint density at radius 1 is 0.895 bits per heavy atom. The smallest absolute Gasteiger partial charge is 0.222 e. The van der Waals surface area contributed by atoms with Crippen LogP contribution in [0.2, 0.25) is 0 Å². The molecule has 1 saturated heterocycles. The molecule has 2 nitrogen and oxygen atoms in total. The second-order valence-corrected chi connectivity index (χ2v) is 7.28. The Balaban J connectivity index is 1.86. The molecule has 1 fully saturated rings. The summed E-state index contributed by atoms with van der Waals surface area (Å²) in [4.78, 5) is 14.0. The van der Waals surface area contributed by atoms with Crippen LogP contribution >= 0.6 is 27.7 Å². The summed E-state index contributed by atoms with van der Waals surface area (Å²) in [5.74, 6) is 2.64. The molecule has 0 aromatic carbocycles. The number of thioether (sulfide) groups is 1. The molecule has 1 aliphatic rings. The first-order valence-electron chi connectivity index (χ1n) is 7.76. The molecular weight excluding hydrogens is 322 g/mol. The number of rotatable bonds is 10. The molecule has 1 amide bonds. The van der Waals surface area contributed by atoms with Crippen LogP contribution in [-0.2, 0) is 4.79 Å². The van der Waals surface area contributed by atoms with E-state index in [-0.39, 0.29) is 0 Å². The van der Waals surface area contributed by atoms with Crippen molar-refractivity contribution in [3.8, 4) is 0 Å². The molecule has 0 aliphatic carbocycles. The van der Waals surface area contributed by atoms with E-state index in [9.17, 15) is 4.79 Å². The number of nitrogens with zero attached hydrogens (tertiary/aromatic N) is 1. The van der Waals surface area contributed by atoms with Crippen molar-refractivity contribution in [1.82, 2.24) is 4.90 Å². The van der Waals surface area contributed by atoms with Gasteiger partial charge >= 0.3 is 0 Å². The number of halogens is 1. The van der Waals surface area contributed by atoms with Crippen LogP contribution in [0.25, 0.3) is 0 Å². The Labute approximate surface area is 131 Å². The molecule has 0 N–H and O–H groups in total. The van der Waals surface area contributed by atoms with Crippen molar-refractivity contribution in [3.63, 3.8) is 0 Å². The first-order valence-corrected chi connectivity index (χ1v) is 10.0. The largest absolute Gasteiger partial charge is 0.341 e. The molecule has 1 rings (SSSR count). The Kier molecular flexibility index (Phi) is 11.0. The normalized spacial score (nSPS) is 15.7. The van der Waals surface area contributed by atoms with E-state index in [1.165, 1.54) is 44.9 Å². The van der Waals surface area contributed by atoms with E-state index in [1.54, 1.807) is 0 Å². The van der Waals surface area contributed by atoms with Gasteiger partial charge in [-0.1, -0.05) is 54.5 Å². The number of hydrogen-bond donors (Lipinski definition) is 0.